The smallest absolute Gasteiger partial charge is 0.236 e. The molecule has 0 aromatic rings. The minimum absolute atomic E-state index is 0.158. The van der Waals surface area contributed by atoms with Gasteiger partial charge in [0.25, 0.3) is 0 Å². The third-order valence-electron chi connectivity index (χ3n) is 2.56. The quantitative estimate of drug-likeness (QED) is 0.697. The van der Waals surface area contributed by atoms with Crippen molar-refractivity contribution in [3.8, 4) is 0 Å². The van der Waals surface area contributed by atoms with Crippen LogP contribution in [0.15, 0.2) is 0 Å². The minimum Gasteiger partial charge on any atom is -0.340 e. The summed E-state index contributed by atoms with van der Waals surface area (Å²) in [6.45, 7) is 4.80. The van der Waals surface area contributed by atoms with Gasteiger partial charge in [-0.2, -0.15) is 0 Å². The Morgan fingerprint density at radius 1 is 1.64 bits per heavy atom. The van der Waals surface area contributed by atoms with Crippen molar-refractivity contribution in [1.82, 2.24) is 10.2 Å². The van der Waals surface area contributed by atoms with Crippen molar-refractivity contribution < 1.29 is 9.00 Å². The van der Waals surface area contributed by atoms with E-state index in [4.69, 9.17) is 0 Å². The lowest BCUT2D eigenvalue weighted by Gasteiger charge is -2.28. The van der Waals surface area contributed by atoms with E-state index in [-0.39, 0.29) is 11.2 Å². The molecule has 1 fully saturated rings. The average molecular weight is 218 g/mol. The maximum Gasteiger partial charge on any atom is 0.236 e. The molecule has 0 spiro atoms. The normalized spacial score (nSPS) is 22.1. The molecule has 1 saturated heterocycles. The molecule has 1 rings (SSSR count). The van der Waals surface area contributed by atoms with E-state index >= 15 is 0 Å². The van der Waals surface area contributed by atoms with Crippen molar-refractivity contribution in [2.24, 2.45) is 0 Å². The van der Waals surface area contributed by atoms with Gasteiger partial charge in [-0.1, -0.05) is 6.92 Å². The SMILES string of the molecule is CC(CCN1CCNCC1=O)S(C)=O. The van der Waals surface area contributed by atoms with Gasteiger partial charge in [0.15, 0.2) is 0 Å². The maximum atomic E-state index is 11.4. The van der Waals surface area contributed by atoms with Gasteiger partial charge in [-0.25, -0.2) is 0 Å². The van der Waals surface area contributed by atoms with Gasteiger partial charge in [0.2, 0.25) is 5.91 Å². The van der Waals surface area contributed by atoms with Gasteiger partial charge in [-0.15, -0.1) is 0 Å². The Labute approximate surface area is 87.5 Å². The molecule has 4 nitrogen and oxygen atoms in total. The highest BCUT2D eigenvalue weighted by atomic mass is 32.2. The summed E-state index contributed by atoms with van der Waals surface area (Å²) in [4.78, 5) is 13.2. The predicted octanol–water partition coefficient (Wildman–Crippen LogP) is -0.425. The molecule has 14 heavy (non-hydrogen) atoms. The molecule has 0 saturated carbocycles. The number of rotatable bonds is 4. The van der Waals surface area contributed by atoms with Gasteiger partial charge in [0.05, 0.1) is 6.54 Å². The largest absolute Gasteiger partial charge is 0.340 e. The van der Waals surface area contributed by atoms with E-state index in [1.807, 2.05) is 11.8 Å². The van der Waals surface area contributed by atoms with E-state index < -0.39 is 10.8 Å². The van der Waals surface area contributed by atoms with Crippen LogP contribution in [-0.2, 0) is 15.6 Å². The first kappa shape index (κ1) is 11.7. The van der Waals surface area contributed by atoms with Crippen LogP contribution in [0.1, 0.15) is 13.3 Å². The molecule has 2 unspecified atom stereocenters. The summed E-state index contributed by atoms with van der Waals surface area (Å²) in [6.07, 6.45) is 2.54. The second kappa shape index (κ2) is 5.46. The van der Waals surface area contributed by atoms with E-state index in [2.05, 4.69) is 5.32 Å². The molecule has 2 atom stereocenters. The van der Waals surface area contributed by atoms with Gasteiger partial charge >= 0.3 is 0 Å². The van der Waals surface area contributed by atoms with E-state index in [9.17, 15) is 9.00 Å². The monoisotopic (exact) mass is 218 g/mol. The van der Waals surface area contributed by atoms with Gasteiger partial charge in [-0.3, -0.25) is 9.00 Å². The van der Waals surface area contributed by atoms with Crippen molar-refractivity contribution in [2.45, 2.75) is 18.6 Å². The summed E-state index contributed by atoms with van der Waals surface area (Å²) >= 11 is 0. The zero-order chi connectivity index (χ0) is 10.6. The van der Waals surface area contributed by atoms with Crippen LogP contribution in [0.4, 0.5) is 0 Å². The summed E-state index contributed by atoms with van der Waals surface area (Å²) < 4.78 is 11.1. The molecule has 1 aliphatic heterocycles. The van der Waals surface area contributed by atoms with Gasteiger partial charge in [-0.05, 0) is 6.42 Å². The molecule has 0 aromatic heterocycles. The third kappa shape index (κ3) is 3.38. The van der Waals surface area contributed by atoms with Crippen LogP contribution in [0.5, 0.6) is 0 Å². The maximum absolute atomic E-state index is 11.4. The number of hydrogen-bond acceptors (Lipinski definition) is 3. The summed E-state index contributed by atoms with van der Waals surface area (Å²) in [5, 5.41) is 3.20. The molecular formula is C9H18N2O2S. The molecule has 0 bridgehead atoms. The molecule has 5 heteroatoms. The number of nitrogens with one attached hydrogen (secondary N) is 1. The lowest BCUT2D eigenvalue weighted by molar-refractivity contribution is -0.131. The number of carbonyl (C=O) groups excluding carboxylic acids is 1. The fourth-order valence-electron chi connectivity index (χ4n) is 1.39. The van der Waals surface area contributed by atoms with Crippen LogP contribution in [0.2, 0.25) is 0 Å². The van der Waals surface area contributed by atoms with Crippen LogP contribution in [0.3, 0.4) is 0 Å². The standard InChI is InChI=1S/C9H18N2O2S/c1-8(14(2)13)3-5-11-6-4-10-7-9(11)12/h8,10H,3-7H2,1-2H3. The molecule has 1 aliphatic rings. The van der Waals surface area contributed by atoms with E-state index in [0.717, 1.165) is 26.1 Å². The third-order valence-corrected chi connectivity index (χ3v) is 3.93. The Morgan fingerprint density at radius 3 is 2.93 bits per heavy atom. The minimum atomic E-state index is -0.779. The van der Waals surface area contributed by atoms with Gasteiger partial charge < -0.3 is 10.2 Å². The summed E-state index contributed by atoms with van der Waals surface area (Å²) in [5.41, 5.74) is 0. The Hall–Kier alpha value is -0.420. The number of carbonyl (C=O) groups is 1. The topological polar surface area (TPSA) is 49.4 Å². The highest BCUT2D eigenvalue weighted by Crippen LogP contribution is 2.03. The average Bonchev–Trinajstić information content (AvgIpc) is 2.16. The van der Waals surface area contributed by atoms with Crippen LogP contribution in [-0.4, -0.2) is 52.7 Å². The Bertz CT molecular complexity index is 233. The van der Waals surface area contributed by atoms with E-state index in [1.165, 1.54) is 0 Å². The van der Waals surface area contributed by atoms with Crippen molar-refractivity contribution in [3.63, 3.8) is 0 Å². The summed E-state index contributed by atoms with van der Waals surface area (Å²) in [5.74, 6) is 0.158. The molecule has 0 aliphatic carbocycles. The van der Waals surface area contributed by atoms with E-state index in [0.29, 0.717) is 6.54 Å². The van der Waals surface area contributed by atoms with Crippen molar-refractivity contribution in [1.29, 1.82) is 0 Å². The van der Waals surface area contributed by atoms with Crippen molar-refractivity contribution in [3.05, 3.63) is 0 Å². The van der Waals surface area contributed by atoms with Crippen molar-refractivity contribution >= 4 is 16.7 Å². The lowest BCUT2D eigenvalue weighted by atomic mass is 10.2. The fraction of sp³-hybridized carbons (Fsp3) is 0.889. The first-order valence-corrected chi connectivity index (χ1v) is 6.54. The molecule has 1 heterocycles. The second-order valence-corrected chi connectivity index (χ2v) is 5.46. The predicted molar refractivity (Wildman–Crippen MR) is 57.6 cm³/mol. The zero-order valence-corrected chi connectivity index (χ0v) is 9.60. The van der Waals surface area contributed by atoms with Crippen LogP contribution in [0.25, 0.3) is 0 Å². The lowest BCUT2D eigenvalue weighted by Crippen LogP contribution is -2.48. The first-order chi connectivity index (χ1) is 6.61. The molecule has 1 N–H and O–H groups in total. The van der Waals surface area contributed by atoms with Gasteiger partial charge in [0, 0.05) is 41.9 Å². The van der Waals surface area contributed by atoms with Crippen molar-refractivity contribution in [2.75, 3.05) is 32.4 Å². The summed E-state index contributed by atoms with van der Waals surface area (Å²) in [6, 6.07) is 0. The molecule has 0 radical (unpaired) electrons. The summed E-state index contributed by atoms with van der Waals surface area (Å²) in [7, 11) is -0.779. The van der Waals surface area contributed by atoms with Gasteiger partial charge in [0.1, 0.15) is 0 Å². The Kier molecular flexibility index (Phi) is 4.54. The molecule has 1 amide bonds. The van der Waals surface area contributed by atoms with Crippen LogP contribution in [0, 0.1) is 0 Å². The fourth-order valence-corrected chi connectivity index (χ4v) is 1.82. The molecular weight excluding hydrogens is 200 g/mol. The first-order valence-electron chi connectivity index (χ1n) is 4.92. The second-order valence-electron chi connectivity index (χ2n) is 3.66. The number of amides is 1. The number of nitrogens with zero attached hydrogens (tertiary/aromatic N) is 1. The number of hydrogen-bond donors (Lipinski definition) is 1. The Balaban J connectivity index is 2.29. The Morgan fingerprint density at radius 2 is 2.36 bits per heavy atom. The highest BCUT2D eigenvalue weighted by molar-refractivity contribution is 7.84. The molecule has 0 aromatic carbocycles. The number of piperazine rings is 1. The molecule has 82 valence electrons. The van der Waals surface area contributed by atoms with Crippen LogP contribution >= 0.6 is 0 Å². The highest BCUT2D eigenvalue weighted by Gasteiger charge is 2.18. The van der Waals surface area contributed by atoms with Crippen LogP contribution < -0.4 is 5.32 Å². The van der Waals surface area contributed by atoms with E-state index in [1.54, 1.807) is 6.26 Å². The zero-order valence-electron chi connectivity index (χ0n) is 8.78.